The number of carbonyl (C=O) groups is 1. The Hall–Kier alpha value is -2.17. The molecule has 2 aromatic rings. The molecule has 0 aliphatic heterocycles. The highest BCUT2D eigenvalue weighted by Gasteiger charge is 2.25. The number of carboxylic acid groups (broad SMARTS) is 1. The van der Waals surface area contributed by atoms with E-state index < -0.39 is 19.4 Å². The fourth-order valence-electron chi connectivity index (χ4n) is 1.72. The van der Waals surface area contributed by atoms with Crippen LogP contribution in [0, 0.1) is 5.82 Å². The fourth-order valence-corrected chi connectivity index (χ4v) is 2.79. The number of hydrogen-bond acceptors (Lipinski definition) is 3. The minimum Gasteiger partial charge on any atom is -0.481 e. The van der Waals surface area contributed by atoms with Gasteiger partial charge in [0.05, 0.1) is 11.7 Å². The number of carboxylic acids is 1. The monoisotopic (exact) mass is 310 g/mol. The Morgan fingerprint density at radius 2 is 1.76 bits per heavy atom. The second kappa shape index (κ2) is 6.08. The number of benzene rings is 2. The van der Waals surface area contributed by atoms with Crippen molar-refractivity contribution in [1.29, 1.82) is 0 Å². The van der Waals surface area contributed by atoms with Gasteiger partial charge in [-0.05, 0) is 30.3 Å². The van der Waals surface area contributed by atoms with Crippen molar-refractivity contribution in [3.05, 3.63) is 59.9 Å². The molecular formula is C14H12FO5P. The number of para-hydroxylation sites is 1. The Bertz CT molecular complexity index is 699. The van der Waals surface area contributed by atoms with Crippen molar-refractivity contribution in [1.82, 2.24) is 0 Å². The van der Waals surface area contributed by atoms with Gasteiger partial charge in [0.25, 0.3) is 0 Å². The normalized spacial score (nSPS) is 13.4. The predicted octanol–water partition coefficient (Wildman–Crippen LogP) is 2.34. The third kappa shape index (κ3) is 3.90. The molecule has 0 aromatic heterocycles. The van der Waals surface area contributed by atoms with Crippen molar-refractivity contribution in [3.63, 3.8) is 0 Å². The number of rotatable bonds is 5. The van der Waals surface area contributed by atoms with Gasteiger partial charge >= 0.3 is 13.6 Å². The molecule has 7 heteroatoms. The zero-order valence-electron chi connectivity index (χ0n) is 10.8. The van der Waals surface area contributed by atoms with Gasteiger partial charge in [0.2, 0.25) is 0 Å². The van der Waals surface area contributed by atoms with Crippen molar-refractivity contribution in [2.75, 3.05) is 0 Å². The van der Waals surface area contributed by atoms with E-state index in [1.165, 1.54) is 12.1 Å². The lowest BCUT2D eigenvalue weighted by atomic mass is 10.1. The van der Waals surface area contributed by atoms with E-state index in [4.69, 9.17) is 9.63 Å². The molecule has 0 saturated heterocycles. The molecular weight excluding hydrogens is 298 g/mol. The number of halogens is 1. The van der Waals surface area contributed by atoms with Crippen LogP contribution in [0.2, 0.25) is 0 Å². The maximum absolute atomic E-state index is 12.8. The van der Waals surface area contributed by atoms with E-state index in [-0.39, 0.29) is 23.0 Å². The summed E-state index contributed by atoms with van der Waals surface area (Å²) in [4.78, 5) is 20.7. The lowest BCUT2D eigenvalue weighted by Gasteiger charge is -2.15. The maximum Gasteiger partial charge on any atom is 0.408 e. The van der Waals surface area contributed by atoms with Gasteiger partial charge in [0.1, 0.15) is 11.6 Å². The van der Waals surface area contributed by atoms with Crippen LogP contribution in [-0.2, 0) is 15.8 Å². The van der Waals surface area contributed by atoms with Crippen molar-refractivity contribution in [2.45, 2.75) is 6.42 Å². The molecule has 0 radical (unpaired) electrons. The average Bonchev–Trinajstić information content (AvgIpc) is 2.40. The van der Waals surface area contributed by atoms with Gasteiger partial charge in [-0.15, -0.1) is 0 Å². The molecule has 0 bridgehead atoms. The smallest absolute Gasteiger partial charge is 0.408 e. The van der Waals surface area contributed by atoms with E-state index in [2.05, 4.69) is 0 Å². The molecule has 0 aliphatic carbocycles. The average molecular weight is 310 g/mol. The first-order valence-electron chi connectivity index (χ1n) is 5.97. The van der Waals surface area contributed by atoms with E-state index in [9.17, 15) is 18.6 Å². The summed E-state index contributed by atoms with van der Waals surface area (Å²) in [6.07, 6.45) is -0.334. The third-order valence-electron chi connectivity index (χ3n) is 2.69. The van der Waals surface area contributed by atoms with Gasteiger partial charge in [-0.3, -0.25) is 4.79 Å². The van der Waals surface area contributed by atoms with E-state index in [0.717, 1.165) is 24.3 Å². The molecule has 2 N–H and O–H groups in total. The maximum atomic E-state index is 12.8. The molecule has 21 heavy (non-hydrogen) atoms. The summed E-state index contributed by atoms with van der Waals surface area (Å²) in [7, 11) is -4.22. The van der Waals surface area contributed by atoms with Crippen molar-refractivity contribution >= 4 is 18.9 Å². The van der Waals surface area contributed by atoms with Gasteiger partial charge in [0.15, 0.2) is 0 Å². The van der Waals surface area contributed by atoms with Crippen LogP contribution in [0.1, 0.15) is 5.56 Å². The molecule has 0 aliphatic rings. The summed E-state index contributed by atoms with van der Waals surface area (Å²) in [5.74, 6) is -1.61. The summed E-state index contributed by atoms with van der Waals surface area (Å²) in [5.41, 5.74) is 0.279. The van der Waals surface area contributed by atoms with Crippen molar-refractivity contribution in [3.8, 4) is 5.75 Å². The Morgan fingerprint density at radius 1 is 1.14 bits per heavy atom. The number of hydrogen-bond donors (Lipinski definition) is 2. The van der Waals surface area contributed by atoms with Gasteiger partial charge in [-0.25, -0.2) is 8.96 Å². The molecule has 2 rings (SSSR count). The molecule has 0 spiro atoms. The summed E-state index contributed by atoms with van der Waals surface area (Å²) >= 11 is 0. The van der Waals surface area contributed by atoms with Gasteiger partial charge in [-0.2, -0.15) is 0 Å². The highest BCUT2D eigenvalue weighted by Crippen LogP contribution is 2.42. The van der Waals surface area contributed by atoms with Crippen LogP contribution in [0.15, 0.2) is 48.5 Å². The zero-order valence-corrected chi connectivity index (χ0v) is 11.7. The Labute approximate surface area is 120 Å². The Kier molecular flexibility index (Phi) is 4.40. The standard InChI is InChI=1S/C14H12FO5P/c15-11-5-7-12(8-6-11)21(18,19)20-13-4-2-1-3-10(13)9-14(16)17/h1-8H,9H2,(H,16,17)(H,18,19). The number of aliphatic carboxylic acids is 1. The van der Waals surface area contributed by atoms with E-state index >= 15 is 0 Å². The van der Waals surface area contributed by atoms with Crippen LogP contribution in [0.25, 0.3) is 0 Å². The molecule has 0 heterocycles. The van der Waals surface area contributed by atoms with Crippen LogP contribution >= 0.6 is 7.60 Å². The topological polar surface area (TPSA) is 83.8 Å². The predicted molar refractivity (Wildman–Crippen MR) is 74.3 cm³/mol. The lowest BCUT2D eigenvalue weighted by molar-refractivity contribution is -0.136. The minimum atomic E-state index is -4.22. The van der Waals surface area contributed by atoms with Crippen LogP contribution in [0.4, 0.5) is 4.39 Å². The quantitative estimate of drug-likeness (QED) is 0.828. The summed E-state index contributed by atoms with van der Waals surface area (Å²) < 4.78 is 30.1. The van der Waals surface area contributed by atoms with E-state index in [0.29, 0.717) is 0 Å². The second-order valence-electron chi connectivity index (χ2n) is 4.27. The van der Waals surface area contributed by atoms with Gasteiger partial charge in [0, 0.05) is 5.56 Å². The van der Waals surface area contributed by atoms with Crippen molar-refractivity contribution in [2.24, 2.45) is 0 Å². The van der Waals surface area contributed by atoms with Crippen molar-refractivity contribution < 1.29 is 28.3 Å². The first kappa shape index (κ1) is 15.2. The largest absolute Gasteiger partial charge is 0.481 e. The van der Waals surface area contributed by atoms with Crippen LogP contribution in [0.5, 0.6) is 5.75 Å². The van der Waals surface area contributed by atoms with Gasteiger partial charge < -0.3 is 14.5 Å². The lowest BCUT2D eigenvalue weighted by Crippen LogP contribution is -2.10. The zero-order chi connectivity index (χ0) is 15.5. The van der Waals surface area contributed by atoms with E-state index in [1.54, 1.807) is 12.1 Å². The second-order valence-corrected chi connectivity index (χ2v) is 6.01. The molecule has 0 fully saturated rings. The highest BCUT2D eigenvalue weighted by molar-refractivity contribution is 7.61. The Balaban J connectivity index is 2.30. The molecule has 0 amide bonds. The molecule has 5 nitrogen and oxygen atoms in total. The first-order chi connectivity index (χ1) is 9.88. The van der Waals surface area contributed by atoms with E-state index in [1.807, 2.05) is 0 Å². The third-order valence-corrected chi connectivity index (χ3v) is 4.08. The SMILES string of the molecule is O=C(O)Cc1ccccc1OP(=O)(O)c1ccc(F)cc1. The molecule has 110 valence electrons. The first-order valence-corrected chi connectivity index (χ1v) is 7.54. The summed E-state index contributed by atoms with van der Waals surface area (Å²) in [5, 5.41) is 8.73. The highest BCUT2D eigenvalue weighted by atomic mass is 31.2. The summed E-state index contributed by atoms with van der Waals surface area (Å²) in [6, 6.07) is 10.5. The van der Waals surface area contributed by atoms with Gasteiger partial charge in [-0.1, -0.05) is 18.2 Å². The Morgan fingerprint density at radius 3 is 2.38 bits per heavy atom. The fraction of sp³-hybridized carbons (Fsp3) is 0.0714. The van der Waals surface area contributed by atoms with Crippen LogP contribution in [0.3, 0.4) is 0 Å². The molecule has 1 atom stereocenters. The summed E-state index contributed by atoms with van der Waals surface area (Å²) in [6.45, 7) is 0. The molecule has 0 saturated carbocycles. The molecule has 1 unspecified atom stereocenters. The van der Waals surface area contributed by atoms with Crippen LogP contribution < -0.4 is 9.83 Å². The minimum absolute atomic E-state index is 0.00931. The van der Waals surface area contributed by atoms with Crippen LogP contribution in [-0.4, -0.2) is 16.0 Å². The molecule has 2 aromatic carbocycles.